The Labute approximate surface area is 183 Å². The number of carbonyl (C=O) groups is 1. The molecule has 0 aliphatic heterocycles. The van der Waals surface area contributed by atoms with Crippen LogP contribution in [0.2, 0.25) is 0 Å². The number of carbonyl (C=O) groups excluding carboxylic acids is 1. The highest BCUT2D eigenvalue weighted by molar-refractivity contribution is 7.46. The first-order valence-corrected chi connectivity index (χ1v) is 12.3. The molecule has 1 aromatic heterocycles. The van der Waals surface area contributed by atoms with E-state index >= 15 is 0 Å². The quantitative estimate of drug-likeness (QED) is 0.217. The number of hydrogen-bond donors (Lipinski definition) is 3. The molecule has 8 nitrogen and oxygen atoms in total. The van der Waals surface area contributed by atoms with Crippen LogP contribution in [-0.4, -0.2) is 33.6 Å². The molecule has 0 aliphatic carbocycles. The minimum atomic E-state index is -4.71. The van der Waals surface area contributed by atoms with Crippen molar-refractivity contribution in [2.24, 2.45) is 17.8 Å². The lowest BCUT2D eigenvalue weighted by Gasteiger charge is -2.32. The number of aromatic nitrogens is 1. The molecule has 3 unspecified atom stereocenters. The lowest BCUT2D eigenvalue weighted by Crippen LogP contribution is -2.32. The molecule has 172 valence electrons. The second-order valence-corrected chi connectivity index (χ2v) is 10.4. The van der Waals surface area contributed by atoms with Crippen molar-refractivity contribution < 1.29 is 28.4 Å². The third-order valence-electron chi connectivity index (χ3n) is 5.72. The molecule has 0 radical (unpaired) electrons. The molecule has 0 aromatic carbocycles. The SMILES string of the molecule is C=C(CCC(C)C(C)[C@@H](C)CCC(=O)Nc1ncc(C)s1)C(C)(OC)OP(=O)(O)O. The van der Waals surface area contributed by atoms with Gasteiger partial charge in [-0.2, -0.15) is 0 Å². The summed E-state index contributed by atoms with van der Waals surface area (Å²) in [6.07, 6.45) is 4.20. The first-order chi connectivity index (χ1) is 13.8. The largest absolute Gasteiger partial charge is 0.472 e. The van der Waals surface area contributed by atoms with Crippen LogP contribution in [0.1, 0.15) is 58.3 Å². The number of aryl methyl sites for hydroxylation is 1. The molecule has 0 saturated carbocycles. The number of ether oxygens (including phenoxy) is 1. The van der Waals surface area contributed by atoms with Crippen LogP contribution in [0.5, 0.6) is 0 Å². The third kappa shape index (κ3) is 8.96. The van der Waals surface area contributed by atoms with Gasteiger partial charge in [0.25, 0.3) is 0 Å². The van der Waals surface area contributed by atoms with E-state index in [1.807, 2.05) is 6.92 Å². The van der Waals surface area contributed by atoms with Crippen LogP contribution in [0.3, 0.4) is 0 Å². The smallest absolute Gasteiger partial charge is 0.349 e. The summed E-state index contributed by atoms with van der Waals surface area (Å²) in [6.45, 7) is 13.7. The maximum atomic E-state index is 12.1. The summed E-state index contributed by atoms with van der Waals surface area (Å²) in [5.74, 6) is -0.575. The molecule has 1 aromatic rings. The topological polar surface area (TPSA) is 118 Å². The van der Waals surface area contributed by atoms with Crippen LogP contribution in [-0.2, 0) is 18.6 Å². The molecule has 0 fully saturated rings. The lowest BCUT2D eigenvalue weighted by molar-refractivity contribution is -0.132. The summed E-state index contributed by atoms with van der Waals surface area (Å²) < 4.78 is 21.2. The van der Waals surface area contributed by atoms with Gasteiger partial charge < -0.3 is 19.8 Å². The van der Waals surface area contributed by atoms with E-state index in [9.17, 15) is 9.36 Å². The third-order valence-corrected chi connectivity index (χ3v) is 7.13. The van der Waals surface area contributed by atoms with E-state index in [0.29, 0.717) is 41.3 Å². The summed E-state index contributed by atoms with van der Waals surface area (Å²) in [5.41, 5.74) is 0.471. The molecular formula is C20H35N2O6PS. The minimum absolute atomic E-state index is 0.0325. The van der Waals surface area contributed by atoms with E-state index in [-0.39, 0.29) is 5.91 Å². The van der Waals surface area contributed by atoms with Crippen molar-refractivity contribution in [2.45, 2.75) is 66.1 Å². The zero-order chi connectivity index (χ0) is 23.1. The standard InChI is InChI=1S/C20H35N2O6PS/c1-13(8-10-15(3)20(6,27-7)28-29(24,25)26)17(5)14(2)9-11-18(23)22-19-21-12-16(4)30-19/h12-14,17H,3,8-11H2,1-2,4-7H3,(H,21,22,23)(H2,24,25,26)/t13?,14-,17?,20?/m0/s1. The van der Waals surface area contributed by atoms with Crippen LogP contribution >= 0.6 is 19.2 Å². The van der Waals surface area contributed by atoms with Crippen molar-refractivity contribution in [3.8, 4) is 0 Å². The summed E-state index contributed by atoms with van der Waals surface area (Å²) in [7, 11) is -3.38. The zero-order valence-electron chi connectivity index (χ0n) is 18.7. The van der Waals surface area contributed by atoms with Crippen LogP contribution in [0, 0.1) is 24.7 Å². The number of methoxy groups -OCH3 is 1. The van der Waals surface area contributed by atoms with Crippen LogP contribution in [0.15, 0.2) is 18.3 Å². The molecule has 0 spiro atoms. The average molecular weight is 463 g/mol. The first kappa shape index (κ1) is 26.9. The highest BCUT2D eigenvalue weighted by Gasteiger charge is 2.36. The van der Waals surface area contributed by atoms with Gasteiger partial charge in [-0.15, -0.1) is 11.3 Å². The number of amides is 1. The van der Waals surface area contributed by atoms with Crippen LogP contribution < -0.4 is 5.32 Å². The van der Waals surface area contributed by atoms with E-state index in [2.05, 4.69) is 37.7 Å². The maximum absolute atomic E-state index is 12.1. The van der Waals surface area contributed by atoms with E-state index in [1.54, 1.807) is 6.20 Å². The number of phosphoric ester groups is 1. The fraction of sp³-hybridized carbons (Fsp3) is 0.700. The number of anilines is 1. The van der Waals surface area contributed by atoms with Gasteiger partial charge in [0.2, 0.25) is 5.91 Å². The predicted octanol–water partition coefficient (Wildman–Crippen LogP) is 4.89. The molecule has 1 heterocycles. The van der Waals surface area contributed by atoms with Gasteiger partial charge in [0, 0.05) is 24.6 Å². The number of hydrogen-bond acceptors (Lipinski definition) is 6. The van der Waals surface area contributed by atoms with Gasteiger partial charge >= 0.3 is 7.82 Å². The van der Waals surface area contributed by atoms with Gasteiger partial charge in [0.1, 0.15) is 0 Å². The van der Waals surface area contributed by atoms with Crippen molar-refractivity contribution >= 4 is 30.2 Å². The van der Waals surface area contributed by atoms with E-state index in [4.69, 9.17) is 19.0 Å². The molecule has 4 atom stereocenters. The monoisotopic (exact) mass is 462 g/mol. The lowest BCUT2D eigenvalue weighted by atomic mass is 9.79. The average Bonchev–Trinajstić information content (AvgIpc) is 3.06. The molecule has 1 rings (SSSR count). The maximum Gasteiger partial charge on any atom is 0.472 e. The summed E-state index contributed by atoms with van der Waals surface area (Å²) in [4.78, 5) is 35.5. The molecule has 1 amide bonds. The van der Waals surface area contributed by atoms with Crippen LogP contribution in [0.25, 0.3) is 0 Å². The molecular weight excluding hydrogens is 427 g/mol. The fourth-order valence-corrected chi connectivity index (χ4v) is 4.48. The molecule has 0 saturated heterocycles. The zero-order valence-corrected chi connectivity index (χ0v) is 20.4. The number of nitrogens with one attached hydrogen (secondary N) is 1. The van der Waals surface area contributed by atoms with Crippen molar-refractivity contribution in [1.82, 2.24) is 4.98 Å². The minimum Gasteiger partial charge on any atom is -0.349 e. The number of rotatable bonds is 13. The van der Waals surface area contributed by atoms with E-state index in [1.165, 1.54) is 25.4 Å². The van der Waals surface area contributed by atoms with Crippen molar-refractivity contribution in [2.75, 3.05) is 12.4 Å². The Balaban J connectivity index is 2.48. The number of nitrogens with zero attached hydrogens (tertiary/aromatic N) is 1. The Morgan fingerprint density at radius 3 is 2.33 bits per heavy atom. The van der Waals surface area contributed by atoms with Crippen molar-refractivity contribution in [3.05, 3.63) is 23.2 Å². The van der Waals surface area contributed by atoms with Crippen molar-refractivity contribution in [1.29, 1.82) is 0 Å². The van der Waals surface area contributed by atoms with Gasteiger partial charge in [0.05, 0.1) is 0 Å². The highest BCUT2D eigenvalue weighted by atomic mass is 32.1. The first-order valence-electron chi connectivity index (χ1n) is 9.99. The van der Waals surface area contributed by atoms with Gasteiger partial charge in [-0.25, -0.2) is 9.55 Å². The Morgan fingerprint density at radius 1 is 1.30 bits per heavy atom. The summed E-state index contributed by atoms with van der Waals surface area (Å²) in [5, 5.41) is 3.46. The molecule has 3 N–H and O–H groups in total. The predicted molar refractivity (Wildman–Crippen MR) is 119 cm³/mol. The molecule has 10 heteroatoms. The molecule has 30 heavy (non-hydrogen) atoms. The van der Waals surface area contributed by atoms with E-state index < -0.39 is 13.6 Å². The van der Waals surface area contributed by atoms with E-state index in [0.717, 1.165) is 17.7 Å². The van der Waals surface area contributed by atoms with Gasteiger partial charge in [-0.1, -0.05) is 27.4 Å². The van der Waals surface area contributed by atoms with Crippen molar-refractivity contribution in [3.63, 3.8) is 0 Å². The molecule has 0 aliphatic rings. The van der Waals surface area contributed by atoms with Gasteiger partial charge in [0.15, 0.2) is 10.9 Å². The number of thiazole rings is 1. The second-order valence-electron chi connectivity index (χ2n) is 8.05. The van der Waals surface area contributed by atoms with Crippen LogP contribution in [0.4, 0.5) is 5.13 Å². The Bertz CT molecular complexity index is 764. The van der Waals surface area contributed by atoms with Gasteiger partial charge in [-0.3, -0.25) is 9.32 Å². The van der Waals surface area contributed by atoms with Gasteiger partial charge in [-0.05, 0) is 56.4 Å². The normalized spacial score (nSPS) is 17.1. The second kappa shape index (κ2) is 11.5. The Morgan fingerprint density at radius 2 is 1.87 bits per heavy atom. The highest BCUT2D eigenvalue weighted by Crippen LogP contribution is 2.45. The summed E-state index contributed by atoms with van der Waals surface area (Å²) in [6, 6.07) is 0. The fourth-order valence-electron chi connectivity index (χ4n) is 3.14. The Hall–Kier alpha value is -1.09. The number of phosphoric acid groups is 1. The summed E-state index contributed by atoms with van der Waals surface area (Å²) >= 11 is 1.46. The molecule has 0 bridgehead atoms. The Kier molecular flexibility index (Phi) is 10.3.